The van der Waals surface area contributed by atoms with Crippen LogP contribution in [-0.4, -0.2) is 26.8 Å². The summed E-state index contributed by atoms with van der Waals surface area (Å²) in [6.45, 7) is 10.2. The van der Waals surface area contributed by atoms with Crippen molar-refractivity contribution in [3.63, 3.8) is 0 Å². The van der Waals surface area contributed by atoms with Gasteiger partial charge >= 0.3 is 5.69 Å². The zero-order valence-electron chi connectivity index (χ0n) is 18.6. The third kappa shape index (κ3) is 5.17. The largest absolute Gasteiger partial charge is 0.352 e. The first-order chi connectivity index (χ1) is 14.7. The lowest BCUT2D eigenvalue weighted by Crippen LogP contribution is -2.46. The molecule has 31 heavy (non-hydrogen) atoms. The second-order valence-electron chi connectivity index (χ2n) is 8.37. The molecule has 0 fully saturated rings. The molecule has 3 rings (SSSR count). The van der Waals surface area contributed by atoms with E-state index in [1.54, 1.807) is 12.1 Å². The Balaban J connectivity index is 2.19. The lowest BCUT2D eigenvalue weighted by atomic mass is 10.1. The first kappa shape index (κ1) is 22.2. The van der Waals surface area contributed by atoms with Crippen LogP contribution in [0.1, 0.15) is 46.6 Å². The van der Waals surface area contributed by atoms with E-state index in [9.17, 15) is 14.4 Å². The van der Waals surface area contributed by atoms with Crippen LogP contribution in [0.15, 0.2) is 52.1 Å². The van der Waals surface area contributed by atoms with E-state index in [2.05, 4.69) is 10.4 Å². The van der Waals surface area contributed by atoms with E-state index in [-0.39, 0.29) is 18.2 Å². The van der Waals surface area contributed by atoms with Gasteiger partial charge in [0.1, 0.15) is 0 Å². The molecule has 1 amide bonds. The average Bonchev–Trinajstić information content (AvgIpc) is 2.70. The maximum absolute atomic E-state index is 13.3. The van der Waals surface area contributed by atoms with E-state index in [4.69, 9.17) is 0 Å². The maximum Gasteiger partial charge on any atom is 0.352 e. The molecule has 3 aromatic rings. The molecule has 0 saturated heterocycles. The molecule has 1 N–H and O–H groups in total. The Morgan fingerprint density at radius 3 is 2.16 bits per heavy atom. The van der Waals surface area contributed by atoms with Gasteiger partial charge in [-0.05, 0) is 55.5 Å². The molecule has 1 heterocycles. The quantitative estimate of drug-likeness (QED) is 0.664. The standard InChI is InChI=1S/C24H28N4O3/c1-15(2)13-25-22(29)21-23(30)27(14-19-8-6-16(3)7-9-19)24(31)28(26-21)20-11-17(4)10-18(5)12-20/h6-12,15H,13-14H2,1-5H3,(H,25,29). The molecule has 2 aromatic carbocycles. The third-order valence-corrected chi connectivity index (χ3v) is 4.86. The summed E-state index contributed by atoms with van der Waals surface area (Å²) < 4.78 is 2.21. The predicted molar refractivity (Wildman–Crippen MR) is 121 cm³/mol. The monoisotopic (exact) mass is 420 g/mol. The van der Waals surface area contributed by atoms with Crippen molar-refractivity contribution in [2.24, 2.45) is 5.92 Å². The lowest BCUT2D eigenvalue weighted by Gasteiger charge is -2.14. The Morgan fingerprint density at radius 1 is 0.968 bits per heavy atom. The van der Waals surface area contributed by atoms with Crippen molar-refractivity contribution in [2.75, 3.05) is 6.54 Å². The summed E-state index contributed by atoms with van der Waals surface area (Å²) in [6.07, 6.45) is 0. The summed E-state index contributed by atoms with van der Waals surface area (Å²) in [4.78, 5) is 39.1. The van der Waals surface area contributed by atoms with Crippen LogP contribution in [-0.2, 0) is 6.54 Å². The van der Waals surface area contributed by atoms with Crippen molar-refractivity contribution in [1.82, 2.24) is 19.7 Å². The second-order valence-corrected chi connectivity index (χ2v) is 8.37. The van der Waals surface area contributed by atoms with Crippen molar-refractivity contribution >= 4 is 5.91 Å². The highest BCUT2D eigenvalue weighted by Gasteiger charge is 2.20. The molecular formula is C24H28N4O3. The molecule has 1 aromatic heterocycles. The number of carbonyl (C=O) groups is 1. The molecule has 0 bridgehead atoms. The van der Waals surface area contributed by atoms with Gasteiger partial charge in [-0.3, -0.25) is 14.2 Å². The fourth-order valence-electron chi connectivity index (χ4n) is 3.29. The summed E-state index contributed by atoms with van der Waals surface area (Å²) >= 11 is 0. The van der Waals surface area contributed by atoms with Crippen LogP contribution < -0.4 is 16.6 Å². The molecule has 0 aliphatic carbocycles. The van der Waals surface area contributed by atoms with Gasteiger partial charge in [0.15, 0.2) is 0 Å². The maximum atomic E-state index is 13.3. The van der Waals surface area contributed by atoms with Gasteiger partial charge in [0.2, 0.25) is 5.69 Å². The van der Waals surface area contributed by atoms with Crippen molar-refractivity contribution in [3.8, 4) is 5.69 Å². The van der Waals surface area contributed by atoms with E-state index >= 15 is 0 Å². The Hall–Kier alpha value is -3.48. The molecular weight excluding hydrogens is 392 g/mol. The van der Waals surface area contributed by atoms with Crippen LogP contribution >= 0.6 is 0 Å². The lowest BCUT2D eigenvalue weighted by molar-refractivity contribution is 0.0939. The molecule has 0 atom stereocenters. The number of hydrogen-bond donors (Lipinski definition) is 1. The van der Waals surface area contributed by atoms with Crippen LogP contribution in [0.4, 0.5) is 0 Å². The number of nitrogens with zero attached hydrogens (tertiary/aromatic N) is 3. The smallest absolute Gasteiger partial charge is 0.350 e. The van der Waals surface area contributed by atoms with Crippen molar-refractivity contribution in [3.05, 3.63) is 91.3 Å². The third-order valence-electron chi connectivity index (χ3n) is 4.86. The number of amides is 1. The minimum atomic E-state index is -0.701. The number of rotatable bonds is 6. The highest BCUT2D eigenvalue weighted by Crippen LogP contribution is 2.11. The zero-order valence-corrected chi connectivity index (χ0v) is 18.6. The van der Waals surface area contributed by atoms with Crippen molar-refractivity contribution in [1.29, 1.82) is 0 Å². The SMILES string of the molecule is Cc1ccc(Cn2c(=O)c(C(=O)NCC(C)C)nn(-c3cc(C)cc(C)c3)c2=O)cc1. The second kappa shape index (κ2) is 9.12. The summed E-state index contributed by atoms with van der Waals surface area (Å²) in [7, 11) is 0. The predicted octanol–water partition coefficient (Wildman–Crippen LogP) is 2.75. The average molecular weight is 421 g/mol. The van der Waals surface area contributed by atoms with Gasteiger partial charge in [-0.15, -0.1) is 0 Å². The Kier molecular flexibility index (Phi) is 6.53. The van der Waals surface area contributed by atoms with Crippen LogP contribution in [0.2, 0.25) is 0 Å². The Morgan fingerprint density at radius 2 is 1.58 bits per heavy atom. The van der Waals surface area contributed by atoms with E-state index in [0.717, 1.165) is 31.5 Å². The molecule has 7 heteroatoms. The first-order valence-corrected chi connectivity index (χ1v) is 10.3. The molecule has 0 saturated carbocycles. The molecule has 0 radical (unpaired) electrons. The van der Waals surface area contributed by atoms with E-state index < -0.39 is 17.2 Å². The van der Waals surface area contributed by atoms with Crippen molar-refractivity contribution < 1.29 is 4.79 Å². The van der Waals surface area contributed by atoms with Gasteiger partial charge in [0.25, 0.3) is 11.5 Å². The van der Waals surface area contributed by atoms with Gasteiger partial charge in [-0.1, -0.05) is 49.7 Å². The minimum absolute atomic E-state index is 0.0513. The van der Waals surface area contributed by atoms with E-state index in [0.29, 0.717) is 12.2 Å². The molecule has 162 valence electrons. The van der Waals surface area contributed by atoms with Crippen LogP contribution in [0, 0.1) is 26.7 Å². The fourth-order valence-corrected chi connectivity index (χ4v) is 3.29. The Labute approximate surface area is 181 Å². The number of benzene rings is 2. The molecule has 0 spiro atoms. The normalized spacial score (nSPS) is 11.0. The van der Waals surface area contributed by atoms with Gasteiger partial charge in [0, 0.05) is 6.54 Å². The molecule has 7 nitrogen and oxygen atoms in total. The number of aromatic nitrogens is 3. The molecule has 0 aliphatic rings. The van der Waals surface area contributed by atoms with Crippen LogP contribution in [0.25, 0.3) is 5.69 Å². The van der Waals surface area contributed by atoms with Crippen LogP contribution in [0.3, 0.4) is 0 Å². The summed E-state index contributed by atoms with van der Waals surface area (Å²) in [5.41, 5.74) is 2.69. The summed E-state index contributed by atoms with van der Waals surface area (Å²) in [6, 6.07) is 13.1. The summed E-state index contributed by atoms with van der Waals surface area (Å²) in [5, 5.41) is 6.91. The number of hydrogen-bond acceptors (Lipinski definition) is 4. The number of carbonyl (C=O) groups excluding carboxylic acids is 1. The fraction of sp³-hybridized carbons (Fsp3) is 0.333. The number of nitrogens with one attached hydrogen (secondary N) is 1. The number of aryl methyl sites for hydroxylation is 3. The van der Waals surface area contributed by atoms with Gasteiger partial charge in [-0.2, -0.15) is 9.78 Å². The van der Waals surface area contributed by atoms with E-state index in [1.165, 1.54) is 0 Å². The summed E-state index contributed by atoms with van der Waals surface area (Å²) in [5.74, 6) is -0.376. The first-order valence-electron chi connectivity index (χ1n) is 10.3. The molecule has 0 unspecified atom stereocenters. The van der Waals surface area contributed by atoms with Crippen molar-refractivity contribution in [2.45, 2.75) is 41.2 Å². The zero-order chi connectivity index (χ0) is 22.7. The minimum Gasteiger partial charge on any atom is -0.350 e. The van der Waals surface area contributed by atoms with Gasteiger partial charge in [-0.25, -0.2) is 4.79 Å². The molecule has 0 aliphatic heterocycles. The Bertz CT molecular complexity index is 1200. The highest BCUT2D eigenvalue weighted by atomic mass is 16.2. The topological polar surface area (TPSA) is 86.0 Å². The van der Waals surface area contributed by atoms with Gasteiger partial charge in [0.05, 0.1) is 12.2 Å². The van der Waals surface area contributed by atoms with E-state index in [1.807, 2.05) is 65.0 Å². The van der Waals surface area contributed by atoms with Gasteiger partial charge < -0.3 is 5.32 Å². The highest BCUT2D eigenvalue weighted by molar-refractivity contribution is 5.91. The van der Waals surface area contributed by atoms with Crippen LogP contribution in [0.5, 0.6) is 0 Å².